The summed E-state index contributed by atoms with van der Waals surface area (Å²) in [5.41, 5.74) is 0. The van der Waals surface area contributed by atoms with Gasteiger partial charge in [-0.25, -0.2) is 3.11 Å². The van der Waals surface area contributed by atoms with Crippen LogP contribution in [0.3, 0.4) is 0 Å². The molecule has 3 aliphatic rings. The van der Waals surface area contributed by atoms with Crippen LogP contribution < -0.4 is 0 Å². The Morgan fingerprint density at radius 3 is 2.50 bits per heavy atom. The average Bonchev–Trinajstić information content (AvgIpc) is 2.90. The summed E-state index contributed by atoms with van der Waals surface area (Å²) in [5.74, 6) is 0.919. The molecule has 3 saturated heterocycles. The first-order valence-electron chi connectivity index (χ1n) is 8.26. The summed E-state index contributed by atoms with van der Waals surface area (Å²) < 4.78 is 2.49. The van der Waals surface area contributed by atoms with E-state index in [1.807, 2.05) is 0 Å². The molecule has 5 heteroatoms. The summed E-state index contributed by atoms with van der Waals surface area (Å²) >= 11 is 2.50. The van der Waals surface area contributed by atoms with Crippen LogP contribution in [0.1, 0.15) is 19.3 Å². The Kier molecular flexibility index (Phi) is 5.58. The van der Waals surface area contributed by atoms with Crippen molar-refractivity contribution in [2.45, 2.75) is 25.3 Å². The van der Waals surface area contributed by atoms with E-state index in [1.54, 1.807) is 0 Å². The zero-order valence-electron chi connectivity index (χ0n) is 12.8. The number of piperazine rings is 1. The monoisotopic (exact) mass is 392 g/mol. The number of hydrogen-bond acceptors (Lipinski definition) is 4. The van der Waals surface area contributed by atoms with Gasteiger partial charge in [0.15, 0.2) is 0 Å². The van der Waals surface area contributed by atoms with Gasteiger partial charge in [0, 0.05) is 81.3 Å². The Labute approximate surface area is 137 Å². The zero-order valence-corrected chi connectivity index (χ0v) is 15.0. The van der Waals surface area contributed by atoms with Gasteiger partial charge in [-0.2, -0.15) is 0 Å². The zero-order chi connectivity index (χ0) is 13.9. The highest BCUT2D eigenvalue weighted by atomic mass is 127. The van der Waals surface area contributed by atoms with E-state index in [2.05, 4.69) is 47.7 Å². The Hall–Kier alpha value is 0.570. The summed E-state index contributed by atoms with van der Waals surface area (Å²) in [5, 5.41) is 0. The smallest absolute Gasteiger partial charge is 0.0237 e. The maximum atomic E-state index is 2.78. The van der Waals surface area contributed by atoms with Crippen molar-refractivity contribution in [1.29, 1.82) is 0 Å². The summed E-state index contributed by atoms with van der Waals surface area (Å²) in [6, 6.07) is 0.832. The SMILES string of the molecule is CN1CCN(CC2CCN(C3CCCN(I)C3)C2)CC1. The molecule has 0 aromatic heterocycles. The topological polar surface area (TPSA) is 13.0 Å². The molecule has 0 bridgehead atoms. The van der Waals surface area contributed by atoms with Gasteiger partial charge in [0.25, 0.3) is 0 Å². The Morgan fingerprint density at radius 1 is 0.950 bits per heavy atom. The lowest BCUT2D eigenvalue weighted by atomic mass is 10.1. The molecule has 2 unspecified atom stereocenters. The van der Waals surface area contributed by atoms with E-state index >= 15 is 0 Å². The molecule has 0 spiro atoms. The number of likely N-dealkylation sites (N-methyl/N-ethyl adjacent to an activating group) is 1. The van der Waals surface area contributed by atoms with Crippen molar-refractivity contribution in [2.24, 2.45) is 5.92 Å². The molecule has 2 atom stereocenters. The van der Waals surface area contributed by atoms with Crippen LogP contribution in [0.15, 0.2) is 0 Å². The summed E-state index contributed by atoms with van der Waals surface area (Å²) in [6.45, 7) is 11.7. The van der Waals surface area contributed by atoms with Crippen LogP contribution >= 0.6 is 22.9 Å². The van der Waals surface area contributed by atoms with Crippen molar-refractivity contribution in [3.63, 3.8) is 0 Å². The van der Waals surface area contributed by atoms with E-state index in [1.165, 1.54) is 78.2 Å². The van der Waals surface area contributed by atoms with Gasteiger partial charge in [-0.1, -0.05) is 0 Å². The molecule has 20 heavy (non-hydrogen) atoms. The minimum absolute atomic E-state index is 0.832. The van der Waals surface area contributed by atoms with Gasteiger partial charge in [0.1, 0.15) is 0 Å². The van der Waals surface area contributed by atoms with Crippen LogP contribution in [0, 0.1) is 5.92 Å². The van der Waals surface area contributed by atoms with Crippen molar-refractivity contribution in [1.82, 2.24) is 17.8 Å². The van der Waals surface area contributed by atoms with Crippen LogP contribution in [0.2, 0.25) is 0 Å². The molecule has 3 aliphatic heterocycles. The number of nitrogens with zero attached hydrogens (tertiary/aromatic N) is 4. The molecule has 0 aromatic carbocycles. The molecule has 0 amide bonds. The largest absolute Gasteiger partial charge is 0.304 e. The Balaban J connectivity index is 1.42. The van der Waals surface area contributed by atoms with E-state index < -0.39 is 0 Å². The van der Waals surface area contributed by atoms with E-state index in [0.717, 1.165) is 12.0 Å². The predicted octanol–water partition coefficient (Wildman–Crippen LogP) is 1.37. The van der Waals surface area contributed by atoms with E-state index in [4.69, 9.17) is 0 Å². The number of piperidine rings is 1. The third-order valence-corrected chi connectivity index (χ3v) is 6.17. The second-order valence-electron chi connectivity index (χ2n) is 6.92. The standard InChI is InChI=1S/C15H29IN4/c1-17-7-9-18(10-8-17)11-14-4-6-19(12-14)15-3-2-5-20(16)13-15/h14-15H,2-13H2,1H3. The molecular formula is C15H29IN4. The first-order chi connectivity index (χ1) is 9.70. The van der Waals surface area contributed by atoms with Gasteiger partial charge in [-0.05, 0) is 38.8 Å². The molecule has 3 fully saturated rings. The summed E-state index contributed by atoms with van der Waals surface area (Å²) in [6.07, 6.45) is 4.22. The molecule has 0 radical (unpaired) electrons. The first kappa shape index (κ1) is 15.5. The van der Waals surface area contributed by atoms with Crippen molar-refractivity contribution in [3.8, 4) is 0 Å². The minimum atomic E-state index is 0.832. The Bertz CT molecular complexity index is 306. The maximum Gasteiger partial charge on any atom is 0.0237 e. The molecule has 0 aliphatic carbocycles. The summed E-state index contributed by atoms with van der Waals surface area (Å²) in [7, 11) is 2.24. The third kappa shape index (κ3) is 4.06. The fourth-order valence-electron chi connectivity index (χ4n) is 3.95. The van der Waals surface area contributed by atoms with Crippen molar-refractivity contribution >= 4 is 22.9 Å². The van der Waals surface area contributed by atoms with Gasteiger partial charge in [0.2, 0.25) is 0 Å². The Morgan fingerprint density at radius 2 is 1.75 bits per heavy atom. The fraction of sp³-hybridized carbons (Fsp3) is 1.00. The lowest BCUT2D eigenvalue weighted by Crippen LogP contribution is -2.47. The number of rotatable bonds is 3. The molecule has 0 saturated carbocycles. The molecule has 3 heterocycles. The molecular weight excluding hydrogens is 363 g/mol. The van der Waals surface area contributed by atoms with Crippen molar-refractivity contribution in [2.75, 3.05) is 66.0 Å². The average molecular weight is 392 g/mol. The van der Waals surface area contributed by atoms with Crippen molar-refractivity contribution < 1.29 is 0 Å². The number of likely N-dealkylation sites (tertiary alicyclic amines) is 1. The number of halogens is 1. The van der Waals surface area contributed by atoms with Crippen LogP contribution in [0.25, 0.3) is 0 Å². The molecule has 116 valence electrons. The highest BCUT2D eigenvalue weighted by Crippen LogP contribution is 2.25. The first-order valence-corrected chi connectivity index (χ1v) is 9.23. The molecule has 0 N–H and O–H groups in total. The van der Waals surface area contributed by atoms with Gasteiger partial charge in [0.05, 0.1) is 0 Å². The predicted molar refractivity (Wildman–Crippen MR) is 92.2 cm³/mol. The maximum absolute atomic E-state index is 2.78. The van der Waals surface area contributed by atoms with Gasteiger partial charge in [-0.15, -0.1) is 0 Å². The second-order valence-corrected chi connectivity index (χ2v) is 8.28. The van der Waals surface area contributed by atoms with Crippen LogP contribution in [-0.4, -0.2) is 89.8 Å². The summed E-state index contributed by atoms with van der Waals surface area (Å²) in [4.78, 5) is 7.93. The van der Waals surface area contributed by atoms with E-state index in [0.29, 0.717) is 0 Å². The van der Waals surface area contributed by atoms with Gasteiger partial charge >= 0.3 is 0 Å². The molecule has 0 aromatic rings. The van der Waals surface area contributed by atoms with Gasteiger partial charge in [-0.3, -0.25) is 4.90 Å². The second kappa shape index (κ2) is 7.22. The van der Waals surface area contributed by atoms with E-state index in [9.17, 15) is 0 Å². The third-order valence-electron chi connectivity index (χ3n) is 5.29. The minimum Gasteiger partial charge on any atom is -0.304 e. The van der Waals surface area contributed by atoms with Crippen LogP contribution in [0.4, 0.5) is 0 Å². The normalized spacial score (nSPS) is 35.7. The van der Waals surface area contributed by atoms with Gasteiger partial charge < -0.3 is 9.80 Å². The molecule has 4 nitrogen and oxygen atoms in total. The van der Waals surface area contributed by atoms with E-state index in [-0.39, 0.29) is 0 Å². The molecule has 3 rings (SSSR count). The lowest BCUT2D eigenvalue weighted by Gasteiger charge is -2.36. The number of hydrogen-bond donors (Lipinski definition) is 0. The lowest BCUT2D eigenvalue weighted by molar-refractivity contribution is 0.129. The quantitative estimate of drug-likeness (QED) is 0.531. The van der Waals surface area contributed by atoms with Crippen molar-refractivity contribution in [3.05, 3.63) is 0 Å². The highest BCUT2D eigenvalue weighted by molar-refractivity contribution is 14.1. The fourth-order valence-corrected chi connectivity index (χ4v) is 4.74. The van der Waals surface area contributed by atoms with Crippen LogP contribution in [-0.2, 0) is 0 Å². The highest BCUT2D eigenvalue weighted by Gasteiger charge is 2.31. The van der Waals surface area contributed by atoms with Crippen LogP contribution in [0.5, 0.6) is 0 Å².